The molecule has 2 aliphatic rings. The molecule has 0 saturated carbocycles. The second-order valence-electron chi connectivity index (χ2n) is 6.10. The van der Waals surface area contributed by atoms with Gasteiger partial charge < -0.3 is 20.4 Å². The van der Waals surface area contributed by atoms with Gasteiger partial charge in [-0.15, -0.1) is 0 Å². The third-order valence-electron chi connectivity index (χ3n) is 4.46. The van der Waals surface area contributed by atoms with Crippen molar-refractivity contribution in [2.24, 2.45) is 5.92 Å². The third kappa shape index (κ3) is 5.63. The molecule has 0 spiro atoms. The highest BCUT2D eigenvalue weighted by Gasteiger charge is 2.21. The van der Waals surface area contributed by atoms with Crippen molar-refractivity contribution in [1.29, 1.82) is 0 Å². The number of carbonyl (C=O) groups excluding carboxylic acids is 2. The molecule has 2 amide bonds. The first-order valence-corrected chi connectivity index (χ1v) is 8.10. The Bertz CT molecular complexity index is 348. The SMILES string of the molecule is CC(=O)NCC1CCN(CCC(=O)N2CCNCC2)CC1. The predicted molar refractivity (Wildman–Crippen MR) is 81.9 cm³/mol. The van der Waals surface area contributed by atoms with E-state index in [1.54, 1.807) is 6.92 Å². The summed E-state index contributed by atoms with van der Waals surface area (Å²) in [7, 11) is 0. The number of nitrogens with one attached hydrogen (secondary N) is 2. The van der Waals surface area contributed by atoms with Gasteiger partial charge in [-0.2, -0.15) is 0 Å². The van der Waals surface area contributed by atoms with Crippen LogP contribution >= 0.6 is 0 Å². The Morgan fingerprint density at radius 2 is 1.81 bits per heavy atom. The molecule has 0 aromatic carbocycles. The minimum atomic E-state index is 0.0547. The van der Waals surface area contributed by atoms with Crippen LogP contribution < -0.4 is 10.6 Å². The number of rotatable bonds is 5. The number of nitrogens with zero attached hydrogens (tertiary/aromatic N) is 2. The molecule has 0 aromatic rings. The van der Waals surface area contributed by atoms with Crippen molar-refractivity contribution >= 4 is 11.8 Å². The lowest BCUT2D eigenvalue weighted by Crippen LogP contribution is -2.47. The first-order chi connectivity index (χ1) is 10.1. The van der Waals surface area contributed by atoms with Gasteiger partial charge in [-0.3, -0.25) is 9.59 Å². The van der Waals surface area contributed by atoms with Crippen molar-refractivity contribution in [3.05, 3.63) is 0 Å². The van der Waals surface area contributed by atoms with Gasteiger partial charge in [-0.05, 0) is 31.8 Å². The first kappa shape index (κ1) is 16.2. The van der Waals surface area contributed by atoms with E-state index >= 15 is 0 Å². The summed E-state index contributed by atoms with van der Waals surface area (Å²) < 4.78 is 0. The smallest absolute Gasteiger partial charge is 0.223 e. The molecule has 0 atom stereocenters. The molecule has 2 aliphatic heterocycles. The predicted octanol–water partition coefficient (Wildman–Crippen LogP) is -0.344. The normalized spacial score (nSPS) is 21.3. The zero-order chi connectivity index (χ0) is 15.1. The van der Waals surface area contributed by atoms with E-state index in [2.05, 4.69) is 15.5 Å². The maximum atomic E-state index is 12.1. The summed E-state index contributed by atoms with van der Waals surface area (Å²) in [5.74, 6) is 0.935. The monoisotopic (exact) mass is 296 g/mol. The molecule has 2 N–H and O–H groups in total. The molecule has 6 heteroatoms. The lowest BCUT2D eigenvalue weighted by molar-refractivity contribution is -0.132. The van der Waals surface area contributed by atoms with Crippen molar-refractivity contribution < 1.29 is 9.59 Å². The molecule has 0 aliphatic carbocycles. The molecule has 0 unspecified atom stereocenters. The summed E-state index contributed by atoms with van der Waals surface area (Å²) in [4.78, 5) is 27.4. The fraction of sp³-hybridized carbons (Fsp3) is 0.867. The molecule has 0 aromatic heterocycles. The van der Waals surface area contributed by atoms with E-state index in [0.29, 0.717) is 12.3 Å². The molecule has 2 fully saturated rings. The van der Waals surface area contributed by atoms with Crippen molar-refractivity contribution in [2.75, 3.05) is 52.4 Å². The van der Waals surface area contributed by atoms with Crippen LogP contribution in [0.3, 0.4) is 0 Å². The van der Waals surface area contributed by atoms with Crippen LogP contribution in [0.5, 0.6) is 0 Å². The van der Waals surface area contributed by atoms with Crippen molar-refractivity contribution in [1.82, 2.24) is 20.4 Å². The van der Waals surface area contributed by atoms with Crippen LogP contribution in [-0.4, -0.2) is 74.0 Å². The quantitative estimate of drug-likeness (QED) is 0.728. The summed E-state index contributed by atoms with van der Waals surface area (Å²) in [6, 6.07) is 0. The van der Waals surface area contributed by atoms with Crippen LogP contribution in [0, 0.1) is 5.92 Å². The van der Waals surface area contributed by atoms with Gasteiger partial charge in [0.05, 0.1) is 0 Å². The summed E-state index contributed by atoms with van der Waals surface area (Å²) >= 11 is 0. The Kier molecular flexibility index (Phi) is 6.45. The van der Waals surface area contributed by atoms with E-state index < -0.39 is 0 Å². The zero-order valence-electron chi connectivity index (χ0n) is 13.1. The van der Waals surface area contributed by atoms with E-state index in [1.807, 2.05) is 4.90 Å². The van der Waals surface area contributed by atoms with Crippen LogP contribution in [0.1, 0.15) is 26.2 Å². The highest BCUT2D eigenvalue weighted by molar-refractivity contribution is 5.76. The number of carbonyl (C=O) groups is 2. The number of piperazine rings is 1. The van der Waals surface area contributed by atoms with Crippen LogP contribution in [-0.2, 0) is 9.59 Å². The van der Waals surface area contributed by atoms with Crippen LogP contribution in [0.25, 0.3) is 0 Å². The van der Waals surface area contributed by atoms with Crippen LogP contribution in [0.2, 0.25) is 0 Å². The standard InChI is InChI=1S/C15H28N4O2/c1-13(20)17-12-14-2-7-18(8-3-14)9-4-15(21)19-10-5-16-6-11-19/h14,16H,2-12H2,1H3,(H,17,20). The fourth-order valence-electron chi connectivity index (χ4n) is 3.03. The van der Waals surface area contributed by atoms with Gasteiger partial charge in [0, 0.05) is 52.6 Å². The van der Waals surface area contributed by atoms with E-state index in [1.165, 1.54) is 0 Å². The molecular formula is C15H28N4O2. The molecule has 2 heterocycles. The van der Waals surface area contributed by atoms with E-state index in [4.69, 9.17) is 0 Å². The number of hydrogen-bond donors (Lipinski definition) is 2. The van der Waals surface area contributed by atoms with Gasteiger partial charge in [0.25, 0.3) is 0 Å². The maximum absolute atomic E-state index is 12.1. The summed E-state index contributed by atoms with van der Waals surface area (Å²) in [5.41, 5.74) is 0. The van der Waals surface area contributed by atoms with E-state index in [0.717, 1.165) is 65.2 Å². The van der Waals surface area contributed by atoms with E-state index in [9.17, 15) is 9.59 Å². The molecule has 2 rings (SSSR count). The lowest BCUT2D eigenvalue weighted by Gasteiger charge is -2.33. The summed E-state index contributed by atoms with van der Waals surface area (Å²) in [5, 5.41) is 6.16. The van der Waals surface area contributed by atoms with Crippen molar-refractivity contribution in [3.63, 3.8) is 0 Å². The van der Waals surface area contributed by atoms with Gasteiger partial charge in [0.2, 0.25) is 11.8 Å². The largest absolute Gasteiger partial charge is 0.356 e. The second kappa shape index (κ2) is 8.34. The number of amides is 2. The zero-order valence-corrected chi connectivity index (χ0v) is 13.1. The minimum Gasteiger partial charge on any atom is -0.356 e. The van der Waals surface area contributed by atoms with Gasteiger partial charge in [-0.1, -0.05) is 0 Å². The molecular weight excluding hydrogens is 268 g/mol. The Balaban J connectivity index is 1.60. The Labute approximate surface area is 127 Å². The maximum Gasteiger partial charge on any atom is 0.223 e. The molecule has 6 nitrogen and oxygen atoms in total. The molecule has 0 bridgehead atoms. The van der Waals surface area contributed by atoms with Gasteiger partial charge >= 0.3 is 0 Å². The molecule has 21 heavy (non-hydrogen) atoms. The highest BCUT2D eigenvalue weighted by atomic mass is 16.2. The van der Waals surface area contributed by atoms with Gasteiger partial charge in [-0.25, -0.2) is 0 Å². The lowest BCUT2D eigenvalue weighted by atomic mass is 9.96. The van der Waals surface area contributed by atoms with Crippen LogP contribution in [0.4, 0.5) is 0 Å². The third-order valence-corrected chi connectivity index (χ3v) is 4.46. The fourth-order valence-corrected chi connectivity index (χ4v) is 3.03. The molecule has 120 valence electrons. The Morgan fingerprint density at radius 3 is 2.43 bits per heavy atom. The number of likely N-dealkylation sites (tertiary alicyclic amines) is 1. The molecule has 2 saturated heterocycles. The van der Waals surface area contributed by atoms with E-state index in [-0.39, 0.29) is 11.8 Å². The Morgan fingerprint density at radius 1 is 1.14 bits per heavy atom. The number of piperidine rings is 1. The molecule has 0 radical (unpaired) electrons. The van der Waals surface area contributed by atoms with Gasteiger partial charge in [0.1, 0.15) is 0 Å². The Hall–Kier alpha value is -1.14. The number of hydrogen-bond acceptors (Lipinski definition) is 4. The average Bonchev–Trinajstić information content (AvgIpc) is 2.52. The van der Waals surface area contributed by atoms with Crippen molar-refractivity contribution in [2.45, 2.75) is 26.2 Å². The van der Waals surface area contributed by atoms with Crippen molar-refractivity contribution in [3.8, 4) is 0 Å². The highest BCUT2D eigenvalue weighted by Crippen LogP contribution is 2.16. The topological polar surface area (TPSA) is 64.7 Å². The van der Waals surface area contributed by atoms with Gasteiger partial charge in [0.15, 0.2) is 0 Å². The first-order valence-electron chi connectivity index (χ1n) is 8.10. The average molecular weight is 296 g/mol. The van der Waals surface area contributed by atoms with Crippen LogP contribution in [0.15, 0.2) is 0 Å². The minimum absolute atomic E-state index is 0.0547. The second-order valence-corrected chi connectivity index (χ2v) is 6.10. The summed E-state index contributed by atoms with van der Waals surface area (Å²) in [6.45, 7) is 8.84. The summed E-state index contributed by atoms with van der Waals surface area (Å²) in [6.07, 6.45) is 2.86.